The molecule has 2 nitrogen and oxygen atoms in total. The Morgan fingerprint density at radius 1 is 0.769 bits per heavy atom. The number of aliphatic imine (C=N–C) groups is 1. The molecule has 13 heavy (non-hydrogen) atoms. The van der Waals surface area contributed by atoms with Crippen LogP contribution in [0.1, 0.15) is 0 Å². The lowest BCUT2D eigenvalue weighted by molar-refractivity contribution is 1.19. The number of rotatable bonds is 0. The van der Waals surface area contributed by atoms with Crippen LogP contribution in [0.5, 0.6) is 0 Å². The summed E-state index contributed by atoms with van der Waals surface area (Å²) < 4.78 is 0. The highest BCUT2D eigenvalue weighted by molar-refractivity contribution is 5.71. The zero-order valence-electron chi connectivity index (χ0n) is 7.30. The van der Waals surface area contributed by atoms with Crippen LogP contribution in [0.25, 0.3) is 0 Å². The van der Waals surface area contributed by atoms with Crippen molar-refractivity contribution in [3.63, 3.8) is 0 Å². The van der Waals surface area contributed by atoms with Gasteiger partial charge < -0.3 is 5.32 Å². The SMILES string of the molecule is C1=CNC=CN=C1.c1ccccc1. The molecular weight excluding hydrogens is 160 g/mol. The summed E-state index contributed by atoms with van der Waals surface area (Å²) in [5, 5.41) is 2.86. The van der Waals surface area contributed by atoms with Gasteiger partial charge in [0.05, 0.1) is 0 Å². The van der Waals surface area contributed by atoms with E-state index in [4.69, 9.17) is 0 Å². The molecule has 0 saturated carbocycles. The summed E-state index contributed by atoms with van der Waals surface area (Å²) in [6, 6.07) is 12.0. The van der Waals surface area contributed by atoms with Crippen molar-refractivity contribution in [3.05, 3.63) is 61.1 Å². The molecule has 1 N–H and O–H groups in total. The average molecular weight is 172 g/mol. The van der Waals surface area contributed by atoms with Gasteiger partial charge in [-0.3, -0.25) is 4.99 Å². The van der Waals surface area contributed by atoms with Gasteiger partial charge in [-0.25, -0.2) is 0 Å². The van der Waals surface area contributed by atoms with E-state index in [2.05, 4.69) is 10.3 Å². The monoisotopic (exact) mass is 172 g/mol. The van der Waals surface area contributed by atoms with Gasteiger partial charge in [0, 0.05) is 24.8 Å². The first-order valence-corrected chi connectivity index (χ1v) is 4.09. The smallest absolute Gasteiger partial charge is 0.0427 e. The molecule has 0 radical (unpaired) electrons. The summed E-state index contributed by atoms with van der Waals surface area (Å²) in [5.74, 6) is 0. The second-order valence-corrected chi connectivity index (χ2v) is 2.29. The molecule has 1 aromatic rings. The van der Waals surface area contributed by atoms with Crippen LogP contribution < -0.4 is 5.32 Å². The minimum atomic E-state index is 1.69. The molecule has 1 aliphatic rings. The maximum atomic E-state index is 3.82. The topological polar surface area (TPSA) is 24.4 Å². The summed E-state index contributed by atoms with van der Waals surface area (Å²) in [6.45, 7) is 0. The van der Waals surface area contributed by atoms with Crippen LogP contribution >= 0.6 is 0 Å². The van der Waals surface area contributed by atoms with E-state index in [1.54, 1.807) is 18.6 Å². The van der Waals surface area contributed by atoms with Crippen LogP contribution in [0.15, 0.2) is 66.1 Å². The van der Waals surface area contributed by atoms with Gasteiger partial charge >= 0.3 is 0 Å². The van der Waals surface area contributed by atoms with Crippen molar-refractivity contribution < 1.29 is 0 Å². The summed E-state index contributed by atoms with van der Waals surface area (Å²) in [6.07, 6.45) is 8.82. The molecule has 1 heterocycles. The van der Waals surface area contributed by atoms with Crippen LogP contribution in [0.3, 0.4) is 0 Å². The third kappa shape index (κ3) is 5.44. The van der Waals surface area contributed by atoms with Gasteiger partial charge in [-0.1, -0.05) is 36.4 Å². The highest BCUT2D eigenvalue weighted by Gasteiger charge is 1.68. The Hall–Kier alpha value is -1.83. The maximum absolute atomic E-state index is 3.82. The van der Waals surface area contributed by atoms with Crippen LogP contribution in [-0.2, 0) is 0 Å². The van der Waals surface area contributed by atoms with Crippen LogP contribution in [0.4, 0.5) is 0 Å². The molecule has 0 unspecified atom stereocenters. The van der Waals surface area contributed by atoms with Crippen molar-refractivity contribution in [2.75, 3.05) is 0 Å². The fraction of sp³-hybridized carbons (Fsp3) is 0. The normalized spacial score (nSPS) is 12.3. The van der Waals surface area contributed by atoms with E-state index in [0.29, 0.717) is 0 Å². The lowest BCUT2D eigenvalue weighted by Gasteiger charge is -1.78. The molecule has 0 aromatic heterocycles. The molecule has 2 rings (SSSR count). The second kappa shape index (κ2) is 6.85. The van der Waals surface area contributed by atoms with Crippen molar-refractivity contribution in [1.82, 2.24) is 5.32 Å². The molecule has 0 atom stereocenters. The number of hydrogen-bond donors (Lipinski definition) is 1. The summed E-state index contributed by atoms with van der Waals surface area (Å²) in [4.78, 5) is 3.82. The molecule has 0 bridgehead atoms. The molecule has 0 amide bonds. The van der Waals surface area contributed by atoms with Crippen molar-refractivity contribution in [2.45, 2.75) is 0 Å². The summed E-state index contributed by atoms with van der Waals surface area (Å²) >= 11 is 0. The van der Waals surface area contributed by atoms with Gasteiger partial charge in [0.25, 0.3) is 0 Å². The van der Waals surface area contributed by atoms with Crippen LogP contribution in [-0.4, -0.2) is 6.21 Å². The van der Waals surface area contributed by atoms with Gasteiger partial charge in [-0.2, -0.15) is 0 Å². The third-order valence-corrected chi connectivity index (χ3v) is 1.29. The number of nitrogens with zero attached hydrogens (tertiary/aromatic N) is 1. The van der Waals surface area contributed by atoms with Crippen LogP contribution in [0.2, 0.25) is 0 Å². The maximum Gasteiger partial charge on any atom is 0.0427 e. The Labute approximate surface area is 78.3 Å². The molecule has 0 fully saturated rings. The fourth-order valence-electron chi connectivity index (χ4n) is 0.724. The van der Waals surface area contributed by atoms with Crippen LogP contribution in [0, 0.1) is 0 Å². The van der Waals surface area contributed by atoms with Gasteiger partial charge in [-0.15, -0.1) is 0 Å². The van der Waals surface area contributed by atoms with E-state index >= 15 is 0 Å². The number of allylic oxidation sites excluding steroid dienone is 1. The predicted molar refractivity (Wildman–Crippen MR) is 56.3 cm³/mol. The minimum Gasteiger partial charge on any atom is -0.366 e. The zero-order valence-corrected chi connectivity index (χ0v) is 7.30. The first-order valence-electron chi connectivity index (χ1n) is 4.09. The Morgan fingerprint density at radius 3 is 2.00 bits per heavy atom. The van der Waals surface area contributed by atoms with Crippen molar-refractivity contribution >= 4 is 6.21 Å². The first kappa shape index (κ1) is 9.26. The molecule has 66 valence electrons. The minimum absolute atomic E-state index is 1.69. The van der Waals surface area contributed by atoms with Gasteiger partial charge in [0.15, 0.2) is 0 Å². The summed E-state index contributed by atoms with van der Waals surface area (Å²) in [5.41, 5.74) is 0. The predicted octanol–water partition coefficient (Wildman–Crippen LogP) is 2.33. The largest absolute Gasteiger partial charge is 0.366 e. The van der Waals surface area contributed by atoms with E-state index in [1.807, 2.05) is 48.7 Å². The number of benzene rings is 1. The number of hydrogen-bond acceptors (Lipinski definition) is 2. The zero-order chi connectivity index (χ0) is 9.19. The molecule has 1 aromatic carbocycles. The van der Waals surface area contributed by atoms with E-state index in [0.717, 1.165) is 0 Å². The molecule has 0 spiro atoms. The lowest BCUT2D eigenvalue weighted by atomic mass is 10.4. The Bertz CT molecular complexity index is 246. The quantitative estimate of drug-likeness (QED) is 0.638. The fourth-order valence-corrected chi connectivity index (χ4v) is 0.724. The van der Waals surface area contributed by atoms with Gasteiger partial charge in [0.1, 0.15) is 0 Å². The molecule has 2 heteroatoms. The van der Waals surface area contributed by atoms with E-state index < -0.39 is 0 Å². The number of nitrogens with one attached hydrogen (secondary N) is 1. The van der Waals surface area contributed by atoms with Gasteiger partial charge in [-0.05, 0) is 6.08 Å². The molecule has 0 aliphatic carbocycles. The Kier molecular flexibility index (Phi) is 4.88. The highest BCUT2D eigenvalue weighted by atomic mass is 14.8. The van der Waals surface area contributed by atoms with E-state index in [9.17, 15) is 0 Å². The first-order chi connectivity index (χ1) is 6.50. The van der Waals surface area contributed by atoms with E-state index in [-0.39, 0.29) is 0 Å². The highest BCUT2D eigenvalue weighted by Crippen LogP contribution is 1.80. The van der Waals surface area contributed by atoms with Crippen molar-refractivity contribution in [2.24, 2.45) is 4.99 Å². The molecule has 1 aliphatic heterocycles. The van der Waals surface area contributed by atoms with Crippen molar-refractivity contribution in [3.8, 4) is 0 Å². The summed E-state index contributed by atoms with van der Waals surface area (Å²) in [7, 11) is 0. The van der Waals surface area contributed by atoms with Crippen molar-refractivity contribution in [1.29, 1.82) is 0 Å². The molecule has 0 saturated heterocycles. The second-order valence-electron chi connectivity index (χ2n) is 2.29. The Balaban J connectivity index is 0.000000132. The third-order valence-electron chi connectivity index (χ3n) is 1.29. The average Bonchev–Trinajstić information content (AvgIpc) is 2.53. The van der Waals surface area contributed by atoms with Gasteiger partial charge in [0.2, 0.25) is 0 Å². The lowest BCUT2D eigenvalue weighted by Crippen LogP contribution is -1.87. The van der Waals surface area contributed by atoms with E-state index in [1.165, 1.54) is 0 Å². The standard InChI is InChI=1S/C6H6.C5H6N2/c1-2-4-6-5-3-1;1-2-6-4-5-7-3-1/h1-6H;1-6H. The molecular formula is C11H12N2. The Morgan fingerprint density at radius 2 is 1.38 bits per heavy atom.